The summed E-state index contributed by atoms with van der Waals surface area (Å²) in [4.78, 5) is -0.116. The molecule has 26 heavy (non-hydrogen) atoms. The zero-order valence-electron chi connectivity index (χ0n) is 13.6. The van der Waals surface area contributed by atoms with Gasteiger partial charge in [-0.1, -0.05) is 12.1 Å². The average Bonchev–Trinajstić information content (AvgIpc) is 2.90. The molecule has 1 heterocycles. The fourth-order valence-electron chi connectivity index (χ4n) is 2.96. The van der Waals surface area contributed by atoms with Gasteiger partial charge >= 0.3 is 0 Å². The van der Waals surface area contributed by atoms with Gasteiger partial charge in [-0.25, -0.2) is 25.6 Å². The lowest BCUT2D eigenvalue weighted by Gasteiger charge is -2.20. The lowest BCUT2D eigenvalue weighted by atomic mass is 10.2. The van der Waals surface area contributed by atoms with E-state index in [-0.39, 0.29) is 17.2 Å². The number of hydrogen-bond acceptors (Lipinski definition) is 5. The number of hydrogen-bond donors (Lipinski definition) is 1. The fourth-order valence-corrected chi connectivity index (χ4v) is 7.68. The van der Waals surface area contributed by atoms with E-state index in [1.165, 1.54) is 24.3 Å². The van der Waals surface area contributed by atoms with Gasteiger partial charge in [0.1, 0.15) is 11.6 Å². The van der Waals surface area contributed by atoms with Gasteiger partial charge in [0.05, 0.1) is 21.7 Å². The lowest BCUT2D eigenvalue weighted by molar-refractivity contribution is 0.525. The highest BCUT2D eigenvalue weighted by atomic mass is 32.2. The van der Waals surface area contributed by atoms with E-state index in [0.29, 0.717) is 5.56 Å². The van der Waals surface area contributed by atoms with Gasteiger partial charge in [-0.2, -0.15) is 0 Å². The maximum atomic E-state index is 13.1. The van der Waals surface area contributed by atoms with Gasteiger partial charge in [0.2, 0.25) is 0 Å². The smallest absolute Gasteiger partial charge is 0.183 e. The lowest BCUT2D eigenvalue weighted by Crippen LogP contribution is -2.43. The van der Waals surface area contributed by atoms with Crippen molar-refractivity contribution in [2.24, 2.45) is 0 Å². The van der Waals surface area contributed by atoms with Crippen molar-refractivity contribution in [2.75, 3.05) is 11.5 Å². The van der Waals surface area contributed by atoms with Gasteiger partial charge in [0.25, 0.3) is 0 Å². The quantitative estimate of drug-likeness (QED) is 0.772. The Kier molecular flexibility index (Phi) is 5.14. The molecule has 3 rings (SSSR count). The molecule has 2 atom stereocenters. The summed E-state index contributed by atoms with van der Waals surface area (Å²) in [6, 6.07) is 9.13. The molecule has 1 aliphatic heterocycles. The monoisotopic (exact) mass is 401 g/mol. The average molecular weight is 401 g/mol. The third kappa shape index (κ3) is 4.11. The number of benzene rings is 2. The van der Waals surface area contributed by atoms with Crippen LogP contribution in [0.2, 0.25) is 0 Å². The third-order valence-electron chi connectivity index (χ3n) is 4.32. The Morgan fingerprint density at radius 2 is 1.46 bits per heavy atom. The molecular weight excluding hydrogens is 384 g/mol. The van der Waals surface area contributed by atoms with E-state index in [0.717, 1.165) is 24.3 Å². The molecule has 1 fully saturated rings. The number of sulfone groups is 2. The maximum Gasteiger partial charge on any atom is 0.183 e. The summed E-state index contributed by atoms with van der Waals surface area (Å²) in [6.07, 6.45) is 0. The summed E-state index contributed by atoms with van der Waals surface area (Å²) < 4.78 is 75.7. The zero-order valence-corrected chi connectivity index (χ0v) is 15.2. The molecule has 0 bridgehead atoms. The molecule has 1 saturated heterocycles. The molecule has 0 aromatic heterocycles. The maximum absolute atomic E-state index is 13.1. The predicted molar refractivity (Wildman–Crippen MR) is 93.1 cm³/mol. The SMILES string of the molecule is O=S1(=O)C[C@H](NCc2ccc(F)cc2)[C@@H](S(=O)(=O)c2ccc(F)cc2)C1. The van der Waals surface area contributed by atoms with Crippen molar-refractivity contribution in [1.29, 1.82) is 0 Å². The van der Waals surface area contributed by atoms with Crippen LogP contribution in [0.15, 0.2) is 53.4 Å². The van der Waals surface area contributed by atoms with Crippen LogP contribution in [0.3, 0.4) is 0 Å². The first kappa shape index (κ1) is 18.9. The fraction of sp³-hybridized carbons (Fsp3) is 0.294. The van der Waals surface area contributed by atoms with Gasteiger partial charge in [0, 0.05) is 12.6 Å². The van der Waals surface area contributed by atoms with Gasteiger partial charge in [-0.15, -0.1) is 0 Å². The molecule has 140 valence electrons. The molecule has 2 aromatic carbocycles. The van der Waals surface area contributed by atoms with Crippen LogP contribution in [0.5, 0.6) is 0 Å². The second kappa shape index (κ2) is 7.05. The van der Waals surface area contributed by atoms with Crippen LogP contribution < -0.4 is 5.32 Å². The van der Waals surface area contributed by atoms with E-state index in [1.54, 1.807) is 0 Å². The minimum absolute atomic E-state index is 0.116. The Hall–Kier alpha value is -1.84. The highest BCUT2D eigenvalue weighted by Crippen LogP contribution is 2.26. The Balaban J connectivity index is 1.83. The summed E-state index contributed by atoms with van der Waals surface area (Å²) in [5.74, 6) is -1.77. The molecule has 9 heteroatoms. The minimum Gasteiger partial charge on any atom is -0.308 e. The van der Waals surface area contributed by atoms with Crippen molar-refractivity contribution in [3.8, 4) is 0 Å². The van der Waals surface area contributed by atoms with E-state index in [2.05, 4.69) is 5.32 Å². The first-order chi connectivity index (χ1) is 12.2. The van der Waals surface area contributed by atoms with Gasteiger partial charge < -0.3 is 5.32 Å². The Morgan fingerprint density at radius 1 is 0.923 bits per heavy atom. The second-order valence-corrected chi connectivity index (χ2v) is 10.5. The van der Waals surface area contributed by atoms with Crippen LogP contribution in [-0.2, 0) is 26.2 Å². The molecule has 0 spiro atoms. The highest BCUT2D eigenvalue weighted by Gasteiger charge is 2.45. The summed E-state index contributed by atoms with van der Waals surface area (Å²) >= 11 is 0. The number of halogens is 2. The number of rotatable bonds is 5. The van der Waals surface area contributed by atoms with Crippen LogP contribution in [0.25, 0.3) is 0 Å². The van der Waals surface area contributed by atoms with Crippen LogP contribution >= 0.6 is 0 Å². The van der Waals surface area contributed by atoms with E-state index in [4.69, 9.17) is 0 Å². The molecule has 1 aliphatic rings. The third-order valence-corrected chi connectivity index (χ3v) is 8.49. The van der Waals surface area contributed by atoms with Crippen molar-refractivity contribution < 1.29 is 25.6 Å². The zero-order chi connectivity index (χ0) is 18.9. The summed E-state index contributed by atoms with van der Waals surface area (Å²) in [6.45, 7) is 0.204. The predicted octanol–water partition coefficient (Wildman–Crippen LogP) is 1.69. The normalized spacial score (nSPS) is 22.4. The van der Waals surface area contributed by atoms with Crippen molar-refractivity contribution >= 4 is 19.7 Å². The molecule has 5 nitrogen and oxygen atoms in total. The largest absolute Gasteiger partial charge is 0.308 e. The molecule has 0 radical (unpaired) electrons. The number of nitrogens with one attached hydrogen (secondary N) is 1. The van der Waals surface area contributed by atoms with Gasteiger partial charge in [-0.05, 0) is 42.0 Å². The molecule has 0 amide bonds. The first-order valence-electron chi connectivity index (χ1n) is 7.85. The highest BCUT2D eigenvalue weighted by molar-refractivity contribution is 7.96. The van der Waals surface area contributed by atoms with Crippen molar-refractivity contribution in [2.45, 2.75) is 22.7 Å². The Labute approximate surface area is 150 Å². The van der Waals surface area contributed by atoms with Crippen molar-refractivity contribution in [3.05, 3.63) is 65.7 Å². The van der Waals surface area contributed by atoms with Crippen molar-refractivity contribution in [3.63, 3.8) is 0 Å². The van der Waals surface area contributed by atoms with Crippen molar-refractivity contribution in [1.82, 2.24) is 5.32 Å². The molecular formula is C17H17F2NO4S2. The van der Waals surface area contributed by atoms with Crippen LogP contribution in [-0.4, -0.2) is 39.6 Å². The van der Waals surface area contributed by atoms with E-state index in [1.807, 2.05) is 0 Å². The van der Waals surface area contributed by atoms with E-state index in [9.17, 15) is 25.6 Å². The van der Waals surface area contributed by atoms with Crippen LogP contribution in [0, 0.1) is 11.6 Å². The summed E-state index contributed by atoms with van der Waals surface area (Å²) in [5, 5.41) is 1.79. The van der Waals surface area contributed by atoms with Gasteiger partial charge in [0.15, 0.2) is 19.7 Å². The van der Waals surface area contributed by atoms with Crippen LogP contribution in [0.1, 0.15) is 5.56 Å². The molecule has 2 aromatic rings. The molecule has 0 saturated carbocycles. The standard InChI is InChI=1S/C17H17F2NO4S2/c18-13-3-1-12(2-4-13)9-20-16-10-25(21,22)11-17(16)26(23,24)15-7-5-14(19)6-8-15/h1-8,16-17,20H,9-11H2/t16-,17-/m0/s1. The molecule has 0 unspecified atom stereocenters. The minimum atomic E-state index is -3.96. The first-order valence-corrected chi connectivity index (χ1v) is 11.2. The molecule has 1 N–H and O–H groups in total. The van der Waals surface area contributed by atoms with E-state index >= 15 is 0 Å². The van der Waals surface area contributed by atoms with Crippen LogP contribution in [0.4, 0.5) is 8.78 Å². The Morgan fingerprint density at radius 3 is 2.04 bits per heavy atom. The summed E-state index contributed by atoms with van der Waals surface area (Å²) in [5.41, 5.74) is 0.702. The van der Waals surface area contributed by atoms with Gasteiger partial charge in [-0.3, -0.25) is 0 Å². The second-order valence-electron chi connectivity index (χ2n) is 6.23. The Bertz CT molecular complexity index is 988. The molecule has 0 aliphatic carbocycles. The van der Waals surface area contributed by atoms with E-state index < -0.39 is 48.4 Å². The topological polar surface area (TPSA) is 80.3 Å². The summed E-state index contributed by atoms with van der Waals surface area (Å²) in [7, 11) is -7.49.